The SMILES string of the molecule is CC(C)(C)c1ccnc(-c2[c-]c(Oc3[c-]c(-c4cc(C(C)(C)C)ccn4)cc4cccnc34)c3ncccc3c2)c1.[Pt+2]. The van der Waals surface area contributed by atoms with Gasteiger partial charge in [-0.2, -0.15) is 0 Å². The van der Waals surface area contributed by atoms with Crippen LogP contribution in [0, 0.1) is 12.1 Å². The van der Waals surface area contributed by atoms with Crippen LogP contribution in [0.1, 0.15) is 52.7 Å². The van der Waals surface area contributed by atoms with Gasteiger partial charge in [-0.1, -0.05) is 88.7 Å². The third kappa shape index (κ3) is 5.98. The molecule has 0 aliphatic rings. The molecule has 4 aromatic heterocycles. The summed E-state index contributed by atoms with van der Waals surface area (Å²) >= 11 is 0. The number of aromatic nitrogens is 4. The molecule has 0 spiro atoms. The number of hydrogen-bond donors (Lipinski definition) is 0. The molecule has 0 aliphatic heterocycles. The number of rotatable bonds is 4. The topological polar surface area (TPSA) is 60.8 Å². The first-order valence-corrected chi connectivity index (χ1v) is 13.8. The van der Waals surface area contributed by atoms with Crippen LogP contribution in [-0.4, -0.2) is 19.9 Å². The summed E-state index contributed by atoms with van der Waals surface area (Å²) in [6.07, 6.45) is 7.23. The van der Waals surface area contributed by atoms with E-state index in [1.54, 1.807) is 12.4 Å². The molecule has 0 aliphatic carbocycles. The molecule has 0 N–H and O–H groups in total. The molecule has 2 aromatic carbocycles. The van der Waals surface area contributed by atoms with Gasteiger partial charge in [0.1, 0.15) is 0 Å². The Kier molecular flexibility index (Phi) is 8.00. The second-order valence-electron chi connectivity index (χ2n) is 12.4. The Bertz CT molecular complexity index is 1770. The van der Waals surface area contributed by atoms with Crippen molar-refractivity contribution in [2.75, 3.05) is 0 Å². The molecule has 0 unspecified atom stereocenters. The quantitative estimate of drug-likeness (QED) is 0.170. The van der Waals surface area contributed by atoms with E-state index in [4.69, 9.17) is 4.74 Å². The summed E-state index contributed by atoms with van der Waals surface area (Å²) in [5.74, 6) is 0.996. The van der Waals surface area contributed by atoms with Gasteiger partial charge >= 0.3 is 21.1 Å². The fourth-order valence-corrected chi connectivity index (χ4v) is 4.81. The molecule has 4 heterocycles. The van der Waals surface area contributed by atoms with Crippen LogP contribution in [0.3, 0.4) is 0 Å². The van der Waals surface area contributed by atoms with Gasteiger partial charge in [-0.05, 0) is 57.6 Å². The second kappa shape index (κ2) is 11.4. The predicted molar refractivity (Wildman–Crippen MR) is 165 cm³/mol. The monoisotopic (exact) mass is 731 g/mol. The van der Waals surface area contributed by atoms with Crippen molar-refractivity contribution in [3.8, 4) is 34.0 Å². The Hall–Kier alpha value is -3.95. The fraction of sp³-hybridized carbons (Fsp3) is 0.222. The van der Waals surface area contributed by atoms with Crippen molar-refractivity contribution in [3.05, 3.63) is 109 Å². The molecule has 42 heavy (non-hydrogen) atoms. The Morgan fingerprint density at radius 3 is 1.38 bits per heavy atom. The van der Waals surface area contributed by atoms with E-state index in [1.165, 1.54) is 11.1 Å². The minimum atomic E-state index is -0.00621. The van der Waals surface area contributed by atoms with Crippen molar-refractivity contribution in [2.45, 2.75) is 52.4 Å². The molecule has 5 nitrogen and oxygen atoms in total. The van der Waals surface area contributed by atoms with Crippen molar-refractivity contribution in [1.29, 1.82) is 0 Å². The van der Waals surface area contributed by atoms with Gasteiger partial charge in [-0.3, -0.25) is 0 Å². The average molecular weight is 732 g/mol. The van der Waals surface area contributed by atoms with Crippen LogP contribution in [0.2, 0.25) is 0 Å². The van der Waals surface area contributed by atoms with E-state index in [0.717, 1.165) is 33.3 Å². The van der Waals surface area contributed by atoms with Crippen molar-refractivity contribution in [3.63, 3.8) is 0 Å². The van der Waals surface area contributed by atoms with Gasteiger partial charge in [0.2, 0.25) is 0 Å². The number of pyridine rings is 4. The van der Waals surface area contributed by atoms with Gasteiger partial charge in [-0.25, -0.2) is 0 Å². The molecule has 6 rings (SSSR count). The molecular weight excluding hydrogens is 700 g/mol. The van der Waals surface area contributed by atoms with Crippen LogP contribution in [0.4, 0.5) is 0 Å². The Balaban J connectivity index is 0.00000353. The molecule has 0 radical (unpaired) electrons. The van der Waals surface area contributed by atoms with E-state index >= 15 is 0 Å². The van der Waals surface area contributed by atoms with Crippen LogP contribution in [0.15, 0.2) is 85.5 Å². The van der Waals surface area contributed by atoms with Gasteiger partial charge < -0.3 is 24.7 Å². The van der Waals surface area contributed by atoms with E-state index in [-0.39, 0.29) is 31.9 Å². The predicted octanol–water partition coefficient (Wildman–Crippen LogP) is 8.89. The molecule has 0 saturated carbocycles. The van der Waals surface area contributed by atoms with E-state index in [1.807, 2.05) is 36.7 Å². The van der Waals surface area contributed by atoms with Crippen LogP contribution in [-0.2, 0) is 31.9 Å². The van der Waals surface area contributed by atoms with Gasteiger partial charge in [0.25, 0.3) is 0 Å². The second-order valence-corrected chi connectivity index (χ2v) is 12.4. The van der Waals surface area contributed by atoms with Crippen molar-refractivity contribution in [1.82, 2.24) is 19.9 Å². The van der Waals surface area contributed by atoms with E-state index in [0.29, 0.717) is 22.5 Å². The molecular formula is C36H32N4OPt. The van der Waals surface area contributed by atoms with E-state index in [2.05, 4.69) is 110 Å². The summed E-state index contributed by atoms with van der Waals surface area (Å²) in [7, 11) is 0. The zero-order valence-corrected chi connectivity index (χ0v) is 26.9. The molecule has 0 bridgehead atoms. The van der Waals surface area contributed by atoms with Crippen molar-refractivity contribution < 1.29 is 25.8 Å². The summed E-state index contributed by atoms with van der Waals surface area (Å²) < 4.78 is 6.63. The van der Waals surface area contributed by atoms with Gasteiger partial charge in [0, 0.05) is 35.8 Å². The van der Waals surface area contributed by atoms with Crippen LogP contribution in [0.25, 0.3) is 44.3 Å². The average Bonchev–Trinajstić information content (AvgIpc) is 2.96. The first-order valence-electron chi connectivity index (χ1n) is 13.8. The summed E-state index contributed by atoms with van der Waals surface area (Å²) in [6, 6.07) is 27.3. The first kappa shape index (κ1) is 29.5. The van der Waals surface area contributed by atoms with E-state index < -0.39 is 0 Å². The maximum Gasteiger partial charge on any atom is 2.00 e. The summed E-state index contributed by atoms with van der Waals surface area (Å²) in [5.41, 5.74) is 7.13. The van der Waals surface area contributed by atoms with Crippen LogP contribution >= 0.6 is 0 Å². The number of fused-ring (bicyclic) bond motifs is 2. The summed E-state index contributed by atoms with van der Waals surface area (Å²) in [5, 5.41) is 1.87. The number of hydrogen-bond acceptors (Lipinski definition) is 5. The zero-order chi connectivity index (χ0) is 28.8. The number of nitrogens with zero attached hydrogens (tertiary/aromatic N) is 4. The summed E-state index contributed by atoms with van der Waals surface area (Å²) in [4.78, 5) is 18.6. The third-order valence-corrected chi connectivity index (χ3v) is 7.21. The maximum atomic E-state index is 6.63. The molecule has 0 fully saturated rings. The molecule has 6 aromatic rings. The number of benzene rings is 2. The smallest absolute Gasteiger partial charge is 0.492 e. The van der Waals surface area contributed by atoms with Gasteiger partial charge in [-0.15, -0.1) is 23.3 Å². The summed E-state index contributed by atoms with van der Waals surface area (Å²) in [6.45, 7) is 13.2. The Morgan fingerprint density at radius 2 is 0.976 bits per heavy atom. The van der Waals surface area contributed by atoms with Gasteiger partial charge in [0.05, 0.1) is 11.5 Å². The Morgan fingerprint density at radius 1 is 0.548 bits per heavy atom. The number of ether oxygens (including phenoxy) is 1. The minimum absolute atomic E-state index is 0. The molecule has 0 saturated heterocycles. The van der Waals surface area contributed by atoms with E-state index in [9.17, 15) is 0 Å². The van der Waals surface area contributed by atoms with Crippen LogP contribution < -0.4 is 4.74 Å². The maximum absolute atomic E-state index is 6.63. The van der Waals surface area contributed by atoms with Crippen LogP contribution in [0.5, 0.6) is 11.5 Å². The molecule has 0 atom stereocenters. The third-order valence-electron chi connectivity index (χ3n) is 7.21. The molecule has 0 amide bonds. The van der Waals surface area contributed by atoms with Crippen molar-refractivity contribution >= 4 is 21.8 Å². The van der Waals surface area contributed by atoms with Crippen molar-refractivity contribution in [2.24, 2.45) is 0 Å². The fourth-order valence-electron chi connectivity index (χ4n) is 4.81. The minimum Gasteiger partial charge on any atom is -0.492 e. The van der Waals surface area contributed by atoms with Gasteiger partial charge in [0.15, 0.2) is 0 Å². The first-order chi connectivity index (χ1) is 19.6. The Labute approximate surface area is 261 Å². The molecule has 6 heteroatoms. The largest absolute Gasteiger partial charge is 2.00 e. The molecule has 212 valence electrons. The zero-order valence-electron chi connectivity index (χ0n) is 24.6. The normalized spacial score (nSPS) is 11.9. The standard InChI is InChI=1S/C36H32N4O.Pt/c1-35(2,3)27-11-15-37-29(21-27)25-17-23-9-7-13-39-33(23)31(19-25)41-32-20-26(18-24-10-8-14-40-34(24)32)30-22-28(12-16-38-30)36(4,5)6;/h7-18,21-22H,1-6H3;/q-2;+2.